The largest absolute Gasteiger partial charge is 0.507 e. The van der Waals surface area contributed by atoms with Crippen LogP contribution in [0.15, 0.2) is 52.5 Å². The van der Waals surface area contributed by atoms with Gasteiger partial charge < -0.3 is 19.9 Å². The van der Waals surface area contributed by atoms with Crippen LogP contribution in [0, 0.1) is 12.7 Å². The normalized spacial score (nSPS) is 11.0. The number of carbonyl (C=O) groups excluding carboxylic acids is 1. The third kappa shape index (κ3) is 3.34. The number of hydrogen-bond acceptors (Lipinski definition) is 5. The van der Waals surface area contributed by atoms with Crippen LogP contribution in [0.2, 0.25) is 0 Å². The van der Waals surface area contributed by atoms with Crippen LogP contribution in [-0.4, -0.2) is 22.1 Å². The van der Waals surface area contributed by atoms with E-state index >= 15 is 0 Å². The third-order valence-corrected chi connectivity index (χ3v) is 5.36. The van der Waals surface area contributed by atoms with Crippen molar-refractivity contribution in [2.45, 2.75) is 6.92 Å². The Balaban J connectivity index is 1.73. The number of amides is 1. The van der Waals surface area contributed by atoms with Crippen LogP contribution in [0.25, 0.3) is 22.1 Å². The second-order valence-corrected chi connectivity index (χ2v) is 7.30. The number of furan rings is 1. The molecule has 8 heteroatoms. The molecule has 2 aromatic heterocycles. The standard InChI is InChI=1S/C21H14FNO5S/c1-10-2-3-12(15(22)6-10)14-9-29-20(18(14)21(26)27)23-19(25)13-8-17-11(4-5-28-17)7-16(13)24/h2-9,24H,1H3,(H,23,25)(H,26,27). The van der Waals surface area contributed by atoms with E-state index in [0.717, 1.165) is 11.3 Å². The quantitative estimate of drug-likeness (QED) is 0.425. The van der Waals surface area contributed by atoms with Crippen LogP contribution in [-0.2, 0) is 0 Å². The molecule has 4 aromatic rings. The van der Waals surface area contributed by atoms with E-state index in [1.807, 2.05) is 0 Å². The number of thiophene rings is 1. The molecule has 0 aliphatic rings. The molecular formula is C21H14FNO5S. The molecule has 0 spiro atoms. The average molecular weight is 411 g/mol. The molecule has 6 nitrogen and oxygen atoms in total. The molecule has 4 rings (SSSR count). The second kappa shape index (κ2) is 7.06. The first kappa shape index (κ1) is 18.7. The van der Waals surface area contributed by atoms with Gasteiger partial charge in [0.15, 0.2) is 0 Å². The van der Waals surface area contributed by atoms with E-state index in [0.29, 0.717) is 16.5 Å². The van der Waals surface area contributed by atoms with E-state index in [-0.39, 0.29) is 33.0 Å². The van der Waals surface area contributed by atoms with Gasteiger partial charge in [0.05, 0.1) is 11.8 Å². The molecule has 1 amide bonds. The van der Waals surface area contributed by atoms with Crippen molar-refractivity contribution in [2.24, 2.45) is 0 Å². The number of rotatable bonds is 4. The lowest BCUT2D eigenvalue weighted by atomic mass is 10.0. The number of nitrogens with one attached hydrogen (secondary N) is 1. The molecule has 2 heterocycles. The molecule has 3 N–H and O–H groups in total. The minimum absolute atomic E-state index is 0.0383. The minimum Gasteiger partial charge on any atom is -0.507 e. The number of carboxylic acid groups (broad SMARTS) is 1. The summed E-state index contributed by atoms with van der Waals surface area (Å²) >= 11 is 0.962. The average Bonchev–Trinajstić information content (AvgIpc) is 3.27. The van der Waals surface area contributed by atoms with Gasteiger partial charge in [-0.15, -0.1) is 11.3 Å². The van der Waals surface area contributed by atoms with Crippen molar-refractivity contribution >= 4 is 39.2 Å². The number of phenols is 1. The van der Waals surface area contributed by atoms with Gasteiger partial charge in [-0.1, -0.05) is 12.1 Å². The summed E-state index contributed by atoms with van der Waals surface area (Å²) in [5, 5.41) is 24.4. The molecule has 0 saturated carbocycles. The van der Waals surface area contributed by atoms with Crippen molar-refractivity contribution < 1.29 is 28.6 Å². The van der Waals surface area contributed by atoms with Crippen molar-refractivity contribution in [1.29, 1.82) is 0 Å². The SMILES string of the molecule is Cc1ccc(-c2csc(NC(=O)c3cc4occc4cc3O)c2C(=O)O)c(F)c1. The predicted octanol–water partition coefficient (Wildman–Crippen LogP) is 5.26. The van der Waals surface area contributed by atoms with Gasteiger partial charge >= 0.3 is 5.97 Å². The van der Waals surface area contributed by atoms with Crippen LogP contribution < -0.4 is 5.32 Å². The zero-order valence-corrected chi connectivity index (χ0v) is 15.8. The van der Waals surface area contributed by atoms with E-state index in [1.54, 1.807) is 19.1 Å². The fraction of sp³-hybridized carbons (Fsp3) is 0.0476. The molecule has 0 bridgehead atoms. The minimum atomic E-state index is -1.30. The van der Waals surface area contributed by atoms with Gasteiger partial charge in [0.2, 0.25) is 0 Å². The van der Waals surface area contributed by atoms with Crippen LogP contribution in [0.5, 0.6) is 5.75 Å². The van der Waals surface area contributed by atoms with Gasteiger partial charge in [0, 0.05) is 21.9 Å². The maximum absolute atomic E-state index is 14.4. The number of carboxylic acids is 1. The number of aryl methyl sites for hydroxylation is 1. The first-order valence-electron chi connectivity index (χ1n) is 8.48. The summed E-state index contributed by atoms with van der Waals surface area (Å²) in [5.74, 6) is -2.83. The lowest BCUT2D eigenvalue weighted by Gasteiger charge is -2.08. The van der Waals surface area contributed by atoms with Crippen molar-refractivity contribution in [1.82, 2.24) is 0 Å². The molecule has 0 aliphatic carbocycles. The van der Waals surface area contributed by atoms with Crippen molar-refractivity contribution in [2.75, 3.05) is 5.32 Å². The number of fused-ring (bicyclic) bond motifs is 1. The van der Waals surface area contributed by atoms with E-state index in [9.17, 15) is 24.2 Å². The smallest absolute Gasteiger partial charge is 0.339 e. The van der Waals surface area contributed by atoms with Crippen molar-refractivity contribution in [3.63, 3.8) is 0 Å². The molecule has 2 aromatic carbocycles. The number of halogens is 1. The van der Waals surface area contributed by atoms with Crippen LogP contribution >= 0.6 is 11.3 Å². The van der Waals surface area contributed by atoms with Gasteiger partial charge in [-0.25, -0.2) is 9.18 Å². The highest BCUT2D eigenvalue weighted by molar-refractivity contribution is 7.15. The summed E-state index contributed by atoms with van der Waals surface area (Å²) in [7, 11) is 0. The number of aromatic carboxylic acids is 1. The van der Waals surface area contributed by atoms with Crippen LogP contribution in [0.1, 0.15) is 26.3 Å². The van der Waals surface area contributed by atoms with Crippen LogP contribution in [0.4, 0.5) is 9.39 Å². The number of anilines is 1. The fourth-order valence-electron chi connectivity index (χ4n) is 3.05. The number of hydrogen-bond donors (Lipinski definition) is 3. The molecule has 0 atom stereocenters. The van der Waals surface area contributed by atoms with Gasteiger partial charge in [-0.3, -0.25) is 4.79 Å². The molecule has 146 valence electrons. The number of aromatic hydroxyl groups is 1. The Morgan fingerprint density at radius 2 is 1.93 bits per heavy atom. The molecule has 29 heavy (non-hydrogen) atoms. The maximum atomic E-state index is 14.4. The van der Waals surface area contributed by atoms with Gasteiger partial charge in [-0.2, -0.15) is 0 Å². The number of phenolic OH excluding ortho intramolecular Hbond substituents is 1. The summed E-state index contributed by atoms with van der Waals surface area (Å²) in [6.45, 7) is 1.73. The molecule has 0 fully saturated rings. The highest BCUT2D eigenvalue weighted by atomic mass is 32.1. The number of benzene rings is 2. The summed E-state index contributed by atoms with van der Waals surface area (Å²) in [4.78, 5) is 24.5. The molecular weight excluding hydrogens is 397 g/mol. The molecule has 0 saturated heterocycles. The highest BCUT2D eigenvalue weighted by Crippen LogP contribution is 2.37. The van der Waals surface area contributed by atoms with Gasteiger partial charge in [0.1, 0.15) is 27.7 Å². The van der Waals surface area contributed by atoms with E-state index < -0.39 is 17.7 Å². The molecule has 0 unspecified atom stereocenters. The summed E-state index contributed by atoms with van der Waals surface area (Å²) in [6.07, 6.45) is 1.43. The van der Waals surface area contributed by atoms with Crippen molar-refractivity contribution in [3.8, 4) is 16.9 Å². The first-order valence-corrected chi connectivity index (χ1v) is 9.36. The molecule has 0 aliphatic heterocycles. The Morgan fingerprint density at radius 3 is 2.66 bits per heavy atom. The van der Waals surface area contributed by atoms with E-state index in [4.69, 9.17) is 4.42 Å². The highest BCUT2D eigenvalue weighted by Gasteiger charge is 2.24. The lowest BCUT2D eigenvalue weighted by Crippen LogP contribution is -2.13. The molecule has 0 radical (unpaired) electrons. The maximum Gasteiger partial charge on any atom is 0.339 e. The zero-order chi connectivity index (χ0) is 20.7. The topological polar surface area (TPSA) is 99.8 Å². The fourth-order valence-corrected chi connectivity index (χ4v) is 4.00. The summed E-state index contributed by atoms with van der Waals surface area (Å²) < 4.78 is 19.6. The summed E-state index contributed by atoms with van der Waals surface area (Å²) in [5.41, 5.74) is 1.12. The Bertz CT molecular complexity index is 1270. The Kier molecular flexibility index (Phi) is 4.56. The van der Waals surface area contributed by atoms with E-state index in [1.165, 1.54) is 35.9 Å². The van der Waals surface area contributed by atoms with Gasteiger partial charge in [0.25, 0.3) is 5.91 Å². The Labute approximate surface area is 167 Å². The van der Waals surface area contributed by atoms with Crippen molar-refractivity contribution in [3.05, 3.63) is 70.5 Å². The zero-order valence-electron chi connectivity index (χ0n) is 15.0. The van der Waals surface area contributed by atoms with E-state index in [2.05, 4.69) is 5.32 Å². The van der Waals surface area contributed by atoms with Gasteiger partial charge in [-0.05, 0) is 36.8 Å². The lowest BCUT2D eigenvalue weighted by molar-refractivity contribution is 0.0699. The number of carbonyl (C=O) groups is 2. The Morgan fingerprint density at radius 1 is 1.14 bits per heavy atom. The third-order valence-electron chi connectivity index (χ3n) is 4.46. The first-order chi connectivity index (χ1) is 13.8. The summed E-state index contributed by atoms with van der Waals surface area (Å²) in [6, 6.07) is 8.88. The Hall–Kier alpha value is -3.65. The van der Waals surface area contributed by atoms with Crippen LogP contribution in [0.3, 0.4) is 0 Å². The monoisotopic (exact) mass is 411 g/mol. The second-order valence-electron chi connectivity index (χ2n) is 6.42. The predicted molar refractivity (Wildman–Crippen MR) is 107 cm³/mol.